The van der Waals surface area contributed by atoms with Gasteiger partial charge in [0.15, 0.2) is 0 Å². The predicted octanol–water partition coefficient (Wildman–Crippen LogP) is 1.41. The lowest BCUT2D eigenvalue weighted by molar-refractivity contribution is -0.119. The summed E-state index contributed by atoms with van der Waals surface area (Å²) in [6.45, 7) is 3.58. The summed E-state index contributed by atoms with van der Waals surface area (Å²) in [7, 11) is 0. The molecule has 0 radical (unpaired) electrons. The van der Waals surface area contributed by atoms with Gasteiger partial charge in [-0.15, -0.1) is 0 Å². The highest BCUT2D eigenvalue weighted by atomic mass is 16.1. The maximum Gasteiger partial charge on any atom is 0.140 e. The van der Waals surface area contributed by atoms with E-state index in [2.05, 4.69) is 9.97 Å². The summed E-state index contributed by atoms with van der Waals surface area (Å²) in [6.07, 6.45) is 5.21. The minimum absolute atomic E-state index is 0.231. The van der Waals surface area contributed by atoms with E-state index in [0.29, 0.717) is 0 Å². The van der Waals surface area contributed by atoms with Crippen LogP contribution in [-0.2, 0) is 10.2 Å². The van der Waals surface area contributed by atoms with E-state index in [-0.39, 0.29) is 11.2 Å². The lowest BCUT2D eigenvalue weighted by Crippen LogP contribution is -2.19. The molecule has 1 aliphatic rings. The Bertz CT molecular complexity index is 356. The lowest BCUT2D eigenvalue weighted by Gasteiger charge is -2.12. The molecule has 1 aromatic rings. The molecule has 0 N–H and O–H groups in total. The highest BCUT2D eigenvalue weighted by Crippen LogP contribution is 2.49. The number of rotatable bonds is 2. The average molecular weight is 176 g/mol. The number of aryl methyl sites for hydroxylation is 1. The van der Waals surface area contributed by atoms with Gasteiger partial charge in [0.2, 0.25) is 0 Å². The molecule has 1 saturated carbocycles. The van der Waals surface area contributed by atoms with E-state index < -0.39 is 0 Å². The molecule has 0 aliphatic heterocycles. The van der Waals surface area contributed by atoms with E-state index in [1.54, 1.807) is 13.1 Å². The second-order valence-corrected chi connectivity index (χ2v) is 3.66. The van der Waals surface area contributed by atoms with Crippen molar-refractivity contribution in [1.82, 2.24) is 9.97 Å². The van der Waals surface area contributed by atoms with Crippen molar-refractivity contribution in [2.45, 2.75) is 32.1 Å². The standard InChI is InChI=1S/C10H12N2O/c1-7-9(5-11-6-12-7)10(3-4-10)8(2)13/h5-6H,3-4H2,1-2H3. The second-order valence-electron chi connectivity index (χ2n) is 3.66. The molecule has 0 unspecified atom stereocenters. The smallest absolute Gasteiger partial charge is 0.140 e. The van der Waals surface area contributed by atoms with Gasteiger partial charge in [-0.1, -0.05) is 0 Å². The van der Waals surface area contributed by atoms with Crippen molar-refractivity contribution in [2.24, 2.45) is 0 Å². The summed E-state index contributed by atoms with van der Waals surface area (Å²) >= 11 is 0. The maximum atomic E-state index is 11.4. The van der Waals surface area contributed by atoms with Crippen molar-refractivity contribution in [3.8, 4) is 0 Å². The predicted molar refractivity (Wildman–Crippen MR) is 48.4 cm³/mol. The van der Waals surface area contributed by atoms with Gasteiger partial charge in [-0.25, -0.2) is 9.97 Å². The molecule has 0 amide bonds. The molecular formula is C10H12N2O. The molecule has 0 spiro atoms. The van der Waals surface area contributed by atoms with Crippen LogP contribution in [0.25, 0.3) is 0 Å². The third kappa shape index (κ3) is 1.15. The molecular weight excluding hydrogens is 164 g/mol. The Morgan fingerprint density at radius 3 is 2.69 bits per heavy atom. The first-order chi connectivity index (χ1) is 6.17. The van der Waals surface area contributed by atoms with E-state index in [1.807, 2.05) is 6.92 Å². The first-order valence-corrected chi connectivity index (χ1v) is 4.45. The molecule has 1 aromatic heterocycles. The molecule has 3 nitrogen and oxygen atoms in total. The zero-order valence-corrected chi connectivity index (χ0v) is 7.87. The topological polar surface area (TPSA) is 42.9 Å². The average Bonchev–Trinajstić information content (AvgIpc) is 2.85. The van der Waals surface area contributed by atoms with E-state index in [9.17, 15) is 4.79 Å². The van der Waals surface area contributed by atoms with Crippen LogP contribution >= 0.6 is 0 Å². The van der Waals surface area contributed by atoms with Gasteiger partial charge >= 0.3 is 0 Å². The van der Waals surface area contributed by atoms with Gasteiger partial charge in [-0.2, -0.15) is 0 Å². The van der Waals surface area contributed by atoms with Crippen LogP contribution in [0.4, 0.5) is 0 Å². The van der Waals surface area contributed by atoms with Crippen LogP contribution in [0, 0.1) is 6.92 Å². The van der Waals surface area contributed by atoms with Crippen LogP contribution < -0.4 is 0 Å². The zero-order valence-electron chi connectivity index (χ0n) is 7.87. The monoisotopic (exact) mass is 176 g/mol. The second kappa shape index (κ2) is 2.62. The summed E-state index contributed by atoms with van der Waals surface area (Å²) in [5.41, 5.74) is 1.72. The number of Topliss-reactive ketones (excluding diaryl/α,β-unsaturated/α-hetero) is 1. The number of aromatic nitrogens is 2. The number of hydrogen-bond acceptors (Lipinski definition) is 3. The quantitative estimate of drug-likeness (QED) is 0.684. The normalized spacial score (nSPS) is 18.3. The van der Waals surface area contributed by atoms with Gasteiger partial charge < -0.3 is 0 Å². The third-order valence-corrected chi connectivity index (χ3v) is 2.85. The van der Waals surface area contributed by atoms with Crippen molar-refractivity contribution >= 4 is 5.78 Å². The third-order valence-electron chi connectivity index (χ3n) is 2.85. The van der Waals surface area contributed by atoms with Crippen molar-refractivity contribution in [1.29, 1.82) is 0 Å². The summed E-state index contributed by atoms with van der Waals surface area (Å²) in [6, 6.07) is 0. The largest absolute Gasteiger partial charge is 0.299 e. The van der Waals surface area contributed by atoms with Gasteiger partial charge in [0.1, 0.15) is 12.1 Å². The fourth-order valence-corrected chi connectivity index (χ4v) is 1.80. The molecule has 68 valence electrons. The van der Waals surface area contributed by atoms with Crippen LogP contribution in [0.2, 0.25) is 0 Å². The molecule has 0 atom stereocenters. The fourth-order valence-electron chi connectivity index (χ4n) is 1.80. The van der Waals surface area contributed by atoms with Crippen molar-refractivity contribution < 1.29 is 4.79 Å². The summed E-state index contributed by atoms with van der Waals surface area (Å²) < 4.78 is 0. The lowest BCUT2D eigenvalue weighted by atomic mass is 9.92. The number of nitrogens with zero attached hydrogens (tertiary/aromatic N) is 2. The highest BCUT2D eigenvalue weighted by Gasteiger charge is 2.49. The zero-order chi connectivity index (χ0) is 9.47. The molecule has 3 heteroatoms. The van der Waals surface area contributed by atoms with Crippen LogP contribution in [0.3, 0.4) is 0 Å². The summed E-state index contributed by atoms with van der Waals surface area (Å²) in [4.78, 5) is 19.5. The molecule has 0 saturated heterocycles. The van der Waals surface area contributed by atoms with Crippen molar-refractivity contribution in [3.05, 3.63) is 23.8 Å². The first-order valence-electron chi connectivity index (χ1n) is 4.45. The van der Waals surface area contributed by atoms with Crippen molar-refractivity contribution in [3.63, 3.8) is 0 Å². The molecule has 1 fully saturated rings. The summed E-state index contributed by atoms with van der Waals surface area (Å²) in [5.74, 6) is 0.241. The van der Waals surface area contributed by atoms with Gasteiger partial charge in [-0.3, -0.25) is 4.79 Å². The maximum absolute atomic E-state index is 11.4. The Morgan fingerprint density at radius 1 is 1.54 bits per heavy atom. The van der Waals surface area contributed by atoms with Gasteiger partial charge in [-0.05, 0) is 26.7 Å². The van der Waals surface area contributed by atoms with Crippen LogP contribution in [-0.4, -0.2) is 15.8 Å². The molecule has 13 heavy (non-hydrogen) atoms. The van der Waals surface area contributed by atoms with E-state index in [0.717, 1.165) is 24.1 Å². The van der Waals surface area contributed by atoms with Crippen LogP contribution in [0.5, 0.6) is 0 Å². The Balaban J connectivity index is 2.47. The number of ketones is 1. The molecule has 0 aromatic carbocycles. The summed E-state index contributed by atoms with van der Waals surface area (Å²) in [5, 5.41) is 0. The number of carbonyl (C=O) groups is 1. The Hall–Kier alpha value is -1.25. The van der Waals surface area contributed by atoms with E-state index in [1.165, 1.54) is 6.33 Å². The molecule has 1 heterocycles. The minimum atomic E-state index is -0.231. The highest BCUT2D eigenvalue weighted by molar-refractivity contribution is 5.91. The van der Waals surface area contributed by atoms with E-state index >= 15 is 0 Å². The first kappa shape index (κ1) is 8.35. The minimum Gasteiger partial charge on any atom is -0.299 e. The Labute approximate surface area is 77.2 Å². The van der Waals surface area contributed by atoms with Gasteiger partial charge in [0, 0.05) is 17.5 Å². The van der Waals surface area contributed by atoms with Gasteiger partial charge in [0.25, 0.3) is 0 Å². The van der Waals surface area contributed by atoms with Crippen LogP contribution in [0.1, 0.15) is 31.0 Å². The van der Waals surface area contributed by atoms with Crippen molar-refractivity contribution in [2.75, 3.05) is 0 Å². The Kier molecular flexibility index (Phi) is 1.68. The number of hydrogen-bond donors (Lipinski definition) is 0. The number of carbonyl (C=O) groups excluding carboxylic acids is 1. The van der Waals surface area contributed by atoms with Crippen LogP contribution in [0.15, 0.2) is 12.5 Å². The fraction of sp³-hybridized carbons (Fsp3) is 0.500. The molecule has 0 bridgehead atoms. The Morgan fingerprint density at radius 2 is 2.23 bits per heavy atom. The molecule has 1 aliphatic carbocycles. The van der Waals surface area contributed by atoms with Gasteiger partial charge in [0.05, 0.1) is 5.41 Å². The van der Waals surface area contributed by atoms with E-state index in [4.69, 9.17) is 0 Å². The molecule has 2 rings (SSSR count). The SMILES string of the molecule is CC(=O)C1(c2cncnc2C)CC1.